The molecule has 2 aromatic heterocycles. The predicted octanol–water partition coefficient (Wildman–Crippen LogP) is 4.53. The standard InChI is InChI=1S/C28H29N3O3/c1-18-11-14-20(15-12-18)23-22-25(29(4)27(33)30(5)26(22)32)24-21(34-17-28(2,3)31(23)24)16-13-19-9-7-6-8-10-19/h6-16,21H,17H2,1-5H3/b16-13+/t21-/m1/s1. The van der Waals surface area contributed by atoms with Crippen molar-refractivity contribution in [2.45, 2.75) is 32.4 Å². The third-order valence-electron chi connectivity index (χ3n) is 6.69. The van der Waals surface area contributed by atoms with Crippen LogP contribution < -0.4 is 11.2 Å². The second-order valence-electron chi connectivity index (χ2n) is 9.68. The molecule has 1 aliphatic rings. The number of hydrogen-bond acceptors (Lipinski definition) is 3. The molecule has 34 heavy (non-hydrogen) atoms. The van der Waals surface area contributed by atoms with E-state index >= 15 is 0 Å². The van der Waals surface area contributed by atoms with E-state index in [4.69, 9.17) is 4.74 Å². The minimum atomic E-state index is -0.424. The van der Waals surface area contributed by atoms with Gasteiger partial charge in [-0.3, -0.25) is 13.9 Å². The van der Waals surface area contributed by atoms with Crippen molar-refractivity contribution in [2.24, 2.45) is 14.1 Å². The Morgan fingerprint density at radius 1 is 0.971 bits per heavy atom. The molecule has 6 heteroatoms. The van der Waals surface area contributed by atoms with E-state index in [1.54, 1.807) is 11.6 Å². The SMILES string of the molecule is Cc1ccc(-c2c3c(=O)n(C)c(=O)n(C)c3c3n2C(C)(C)CO[C@@H]3/C=C/c2ccccc2)cc1. The summed E-state index contributed by atoms with van der Waals surface area (Å²) in [5.41, 5.74) is 4.35. The second kappa shape index (κ2) is 7.99. The molecule has 0 bridgehead atoms. The van der Waals surface area contributed by atoms with E-state index in [1.165, 1.54) is 11.6 Å². The van der Waals surface area contributed by atoms with Crippen LogP contribution in [0.4, 0.5) is 0 Å². The quantitative estimate of drug-likeness (QED) is 0.456. The normalized spacial score (nSPS) is 17.4. The van der Waals surface area contributed by atoms with Gasteiger partial charge in [0.1, 0.15) is 6.10 Å². The third kappa shape index (κ3) is 3.37. The third-order valence-corrected chi connectivity index (χ3v) is 6.69. The molecule has 0 radical (unpaired) electrons. The first kappa shape index (κ1) is 22.2. The molecule has 2 aromatic carbocycles. The zero-order chi connectivity index (χ0) is 24.2. The average molecular weight is 456 g/mol. The minimum Gasteiger partial charge on any atom is -0.365 e. The Kier molecular flexibility index (Phi) is 5.21. The van der Waals surface area contributed by atoms with Crippen molar-refractivity contribution in [1.82, 2.24) is 13.7 Å². The molecule has 0 fully saturated rings. The van der Waals surface area contributed by atoms with Crippen molar-refractivity contribution in [3.63, 3.8) is 0 Å². The number of aromatic nitrogens is 3. The number of ether oxygens (including phenoxy) is 1. The van der Waals surface area contributed by atoms with E-state index in [-0.39, 0.29) is 11.2 Å². The van der Waals surface area contributed by atoms with Gasteiger partial charge in [0.2, 0.25) is 0 Å². The lowest BCUT2D eigenvalue weighted by atomic mass is 10.0. The van der Waals surface area contributed by atoms with E-state index in [0.29, 0.717) is 17.5 Å². The highest BCUT2D eigenvalue weighted by Gasteiger charge is 2.39. The topological polar surface area (TPSA) is 58.2 Å². The molecule has 0 saturated carbocycles. The molecule has 0 saturated heterocycles. The van der Waals surface area contributed by atoms with Crippen molar-refractivity contribution in [3.05, 3.63) is 98.3 Å². The van der Waals surface area contributed by atoms with Gasteiger partial charge in [0.05, 0.1) is 34.4 Å². The Bertz CT molecular complexity index is 1530. The fraction of sp³-hybridized carbons (Fsp3) is 0.286. The van der Waals surface area contributed by atoms with Crippen LogP contribution in [0.2, 0.25) is 0 Å². The summed E-state index contributed by atoms with van der Waals surface area (Å²) in [6.45, 7) is 6.72. The Morgan fingerprint density at radius 3 is 2.32 bits per heavy atom. The first-order valence-electron chi connectivity index (χ1n) is 11.5. The Balaban J connectivity index is 1.90. The lowest BCUT2D eigenvalue weighted by Gasteiger charge is -2.38. The highest BCUT2D eigenvalue weighted by molar-refractivity contribution is 5.96. The number of aryl methyl sites for hydroxylation is 2. The van der Waals surface area contributed by atoms with Crippen LogP contribution >= 0.6 is 0 Å². The molecule has 0 spiro atoms. The maximum atomic E-state index is 13.6. The van der Waals surface area contributed by atoms with Crippen LogP contribution in [0.5, 0.6) is 0 Å². The van der Waals surface area contributed by atoms with E-state index in [2.05, 4.69) is 18.4 Å². The largest absolute Gasteiger partial charge is 0.365 e. The zero-order valence-electron chi connectivity index (χ0n) is 20.2. The van der Waals surface area contributed by atoms with Crippen LogP contribution in [0.1, 0.15) is 36.8 Å². The number of benzene rings is 2. The average Bonchev–Trinajstić information content (AvgIpc) is 3.20. The number of nitrogens with zero attached hydrogens (tertiary/aromatic N) is 3. The zero-order valence-corrected chi connectivity index (χ0v) is 20.2. The highest BCUT2D eigenvalue weighted by atomic mass is 16.5. The van der Waals surface area contributed by atoms with E-state index in [9.17, 15) is 9.59 Å². The molecule has 3 heterocycles. The van der Waals surface area contributed by atoms with Crippen molar-refractivity contribution in [3.8, 4) is 11.3 Å². The van der Waals surface area contributed by atoms with Gasteiger partial charge in [-0.05, 0) is 38.0 Å². The molecule has 174 valence electrons. The fourth-order valence-electron chi connectivity index (χ4n) is 4.92. The van der Waals surface area contributed by atoms with Crippen LogP contribution in [-0.2, 0) is 24.4 Å². The summed E-state index contributed by atoms with van der Waals surface area (Å²) in [5, 5.41) is 0.542. The molecule has 0 unspecified atom stereocenters. The molecule has 5 rings (SSSR count). The molecule has 6 nitrogen and oxygen atoms in total. The Labute approximate surface area is 198 Å². The second-order valence-corrected chi connectivity index (χ2v) is 9.68. The van der Waals surface area contributed by atoms with Gasteiger partial charge in [0.25, 0.3) is 5.56 Å². The summed E-state index contributed by atoms with van der Waals surface area (Å²) in [4.78, 5) is 26.5. The molecule has 1 atom stereocenters. The maximum Gasteiger partial charge on any atom is 0.331 e. The number of fused-ring (bicyclic) bond motifs is 3. The van der Waals surface area contributed by atoms with Gasteiger partial charge < -0.3 is 9.30 Å². The summed E-state index contributed by atoms with van der Waals surface area (Å²) in [7, 11) is 3.26. The molecular formula is C28H29N3O3. The fourth-order valence-corrected chi connectivity index (χ4v) is 4.92. The van der Waals surface area contributed by atoms with E-state index in [1.807, 2.05) is 73.7 Å². The van der Waals surface area contributed by atoms with Crippen LogP contribution in [0.25, 0.3) is 28.2 Å². The summed E-state index contributed by atoms with van der Waals surface area (Å²) < 4.78 is 11.3. The van der Waals surface area contributed by atoms with Gasteiger partial charge in [-0.15, -0.1) is 0 Å². The van der Waals surface area contributed by atoms with Crippen LogP contribution in [0.15, 0.2) is 70.3 Å². The van der Waals surface area contributed by atoms with Gasteiger partial charge in [-0.25, -0.2) is 4.79 Å². The lowest BCUT2D eigenvalue weighted by molar-refractivity contribution is -0.00302. The molecule has 4 aromatic rings. The van der Waals surface area contributed by atoms with Gasteiger partial charge >= 0.3 is 5.69 Å². The van der Waals surface area contributed by atoms with Gasteiger partial charge in [-0.1, -0.05) is 66.2 Å². The van der Waals surface area contributed by atoms with Crippen LogP contribution in [-0.4, -0.2) is 20.3 Å². The first-order chi connectivity index (χ1) is 16.2. The van der Waals surface area contributed by atoms with Gasteiger partial charge in [0.15, 0.2) is 0 Å². The molecular weight excluding hydrogens is 426 g/mol. The van der Waals surface area contributed by atoms with Gasteiger partial charge in [-0.2, -0.15) is 0 Å². The summed E-state index contributed by atoms with van der Waals surface area (Å²) in [6, 6.07) is 18.2. The summed E-state index contributed by atoms with van der Waals surface area (Å²) >= 11 is 0. The Hall–Kier alpha value is -3.64. The number of rotatable bonds is 3. The number of hydrogen-bond donors (Lipinski definition) is 0. The molecule has 1 aliphatic heterocycles. The Morgan fingerprint density at radius 2 is 1.65 bits per heavy atom. The van der Waals surface area contributed by atoms with Crippen molar-refractivity contribution >= 4 is 17.0 Å². The smallest absolute Gasteiger partial charge is 0.331 e. The van der Waals surface area contributed by atoms with Crippen molar-refractivity contribution in [2.75, 3.05) is 6.61 Å². The maximum absolute atomic E-state index is 13.6. The van der Waals surface area contributed by atoms with E-state index < -0.39 is 11.6 Å². The first-order valence-corrected chi connectivity index (χ1v) is 11.5. The van der Waals surface area contributed by atoms with Crippen LogP contribution in [0, 0.1) is 6.92 Å². The molecule has 0 amide bonds. The molecule has 0 aliphatic carbocycles. The van der Waals surface area contributed by atoms with E-state index in [0.717, 1.165) is 28.1 Å². The molecule has 0 N–H and O–H groups in total. The van der Waals surface area contributed by atoms with Crippen LogP contribution in [0.3, 0.4) is 0 Å². The summed E-state index contributed by atoms with van der Waals surface area (Å²) in [5.74, 6) is 0. The predicted molar refractivity (Wildman–Crippen MR) is 136 cm³/mol. The van der Waals surface area contributed by atoms with Gasteiger partial charge in [0, 0.05) is 14.1 Å². The summed E-state index contributed by atoms with van der Waals surface area (Å²) in [6.07, 6.45) is 3.63. The highest BCUT2D eigenvalue weighted by Crippen LogP contribution is 2.43. The van der Waals surface area contributed by atoms with Crippen molar-refractivity contribution < 1.29 is 4.74 Å². The lowest BCUT2D eigenvalue weighted by Crippen LogP contribution is -2.39. The monoisotopic (exact) mass is 455 g/mol. The van der Waals surface area contributed by atoms with Crippen molar-refractivity contribution in [1.29, 1.82) is 0 Å². The minimum absolute atomic E-state index is 0.294.